The summed E-state index contributed by atoms with van der Waals surface area (Å²) in [7, 11) is 0. The molecule has 4 heteroatoms. The summed E-state index contributed by atoms with van der Waals surface area (Å²) in [5.41, 5.74) is 2.50. The van der Waals surface area contributed by atoms with Crippen LogP contribution in [0.5, 0.6) is 0 Å². The van der Waals surface area contributed by atoms with Crippen LogP contribution in [0.3, 0.4) is 0 Å². The number of carbonyl (C=O) groups excluding carboxylic acids is 1. The zero-order valence-electron chi connectivity index (χ0n) is 13.6. The van der Waals surface area contributed by atoms with Gasteiger partial charge >= 0.3 is 6.03 Å². The van der Waals surface area contributed by atoms with Gasteiger partial charge in [-0.05, 0) is 51.0 Å². The minimum absolute atomic E-state index is 0.0830. The molecule has 0 spiro atoms. The zero-order chi connectivity index (χ0) is 15.9. The Morgan fingerprint density at radius 1 is 1.23 bits per heavy atom. The molecule has 4 nitrogen and oxygen atoms in total. The van der Waals surface area contributed by atoms with Crippen LogP contribution in [0.4, 0.5) is 4.79 Å². The molecule has 1 fully saturated rings. The molecule has 2 amide bonds. The van der Waals surface area contributed by atoms with Crippen molar-refractivity contribution in [3.8, 4) is 0 Å². The van der Waals surface area contributed by atoms with E-state index in [9.17, 15) is 9.90 Å². The maximum Gasteiger partial charge on any atom is 0.315 e. The quantitative estimate of drug-likeness (QED) is 0.783. The summed E-state index contributed by atoms with van der Waals surface area (Å²) >= 11 is 0. The minimum Gasteiger partial charge on any atom is -0.393 e. The second-order valence-electron chi connectivity index (χ2n) is 6.42. The maximum atomic E-state index is 12.1. The van der Waals surface area contributed by atoms with Gasteiger partial charge in [-0.15, -0.1) is 0 Å². The number of nitrogens with one attached hydrogen (secondary N) is 2. The smallest absolute Gasteiger partial charge is 0.315 e. The van der Waals surface area contributed by atoms with Gasteiger partial charge in [0.15, 0.2) is 0 Å². The molecule has 1 aliphatic carbocycles. The number of urea groups is 1. The first kappa shape index (κ1) is 16.8. The Morgan fingerprint density at radius 2 is 1.86 bits per heavy atom. The van der Waals surface area contributed by atoms with Crippen molar-refractivity contribution in [2.45, 2.75) is 70.6 Å². The first-order chi connectivity index (χ1) is 10.6. The van der Waals surface area contributed by atoms with Crippen LogP contribution < -0.4 is 10.6 Å². The topological polar surface area (TPSA) is 61.4 Å². The Morgan fingerprint density at radius 3 is 2.45 bits per heavy atom. The lowest BCUT2D eigenvalue weighted by Crippen LogP contribution is -2.48. The van der Waals surface area contributed by atoms with Crippen molar-refractivity contribution >= 4 is 6.03 Å². The molecule has 0 aliphatic heterocycles. The highest BCUT2D eigenvalue weighted by Gasteiger charge is 2.21. The van der Waals surface area contributed by atoms with Crippen LogP contribution in [0.1, 0.15) is 50.2 Å². The molecule has 22 heavy (non-hydrogen) atoms. The molecule has 0 radical (unpaired) electrons. The van der Waals surface area contributed by atoms with Crippen LogP contribution >= 0.6 is 0 Å². The first-order valence-corrected chi connectivity index (χ1v) is 8.37. The van der Waals surface area contributed by atoms with Gasteiger partial charge in [0.25, 0.3) is 0 Å². The molecule has 1 saturated carbocycles. The molecule has 3 N–H and O–H groups in total. The molecule has 0 saturated heterocycles. The van der Waals surface area contributed by atoms with E-state index in [0.29, 0.717) is 0 Å². The van der Waals surface area contributed by atoms with Crippen LogP contribution in [-0.4, -0.2) is 29.3 Å². The van der Waals surface area contributed by atoms with E-state index in [1.807, 2.05) is 0 Å². The van der Waals surface area contributed by atoms with Crippen molar-refractivity contribution in [3.05, 3.63) is 35.4 Å². The Labute approximate surface area is 133 Å². The number of aliphatic hydroxyl groups is 1. The molecular weight excluding hydrogens is 276 g/mol. The number of rotatable bonds is 5. The van der Waals surface area contributed by atoms with Gasteiger partial charge in [-0.3, -0.25) is 0 Å². The van der Waals surface area contributed by atoms with Crippen molar-refractivity contribution in [2.24, 2.45) is 0 Å². The molecule has 1 aliphatic rings. The molecule has 1 unspecified atom stereocenters. The van der Waals surface area contributed by atoms with Crippen LogP contribution in [-0.2, 0) is 6.42 Å². The van der Waals surface area contributed by atoms with Gasteiger partial charge in [0, 0.05) is 12.1 Å². The molecule has 0 aromatic heterocycles. The minimum atomic E-state index is -0.189. The normalized spacial score (nSPS) is 22.9. The van der Waals surface area contributed by atoms with Gasteiger partial charge in [0.1, 0.15) is 0 Å². The summed E-state index contributed by atoms with van der Waals surface area (Å²) < 4.78 is 0. The molecule has 0 bridgehead atoms. The third kappa shape index (κ3) is 5.34. The largest absolute Gasteiger partial charge is 0.393 e. The van der Waals surface area contributed by atoms with Crippen molar-refractivity contribution in [1.29, 1.82) is 0 Å². The van der Waals surface area contributed by atoms with E-state index >= 15 is 0 Å². The summed E-state index contributed by atoms with van der Waals surface area (Å²) in [4.78, 5) is 12.1. The third-order valence-electron chi connectivity index (χ3n) is 4.46. The summed E-state index contributed by atoms with van der Waals surface area (Å²) in [6, 6.07) is 8.73. The van der Waals surface area contributed by atoms with Crippen LogP contribution in [0.15, 0.2) is 24.3 Å². The molecule has 1 atom stereocenters. The van der Waals surface area contributed by atoms with E-state index in [2.05, 4.69) is 48.7 Å². The zero-order valence-corrected chi connectivity index (χ0v) is 13.6. The average Bonchev–Trinajstić information content (AvgIpc) is 2.51. The number of aryl methyl sites for hydroxylation is 1. The van der Waals surface area contributed by atoms with E-state index in [1.165, 1.54) is 11.1 Å². The molecule has 0 heterocycles. The lowest BCUT2D eigenvalue weighted by Gasteiger charge is -2.27. The molecule has 2 rings (SSSR count). The molecule has 1 aromatic carbocycles. The number of aliphatic hydroxyl groups excluding tert-OH is 1. The number of hydrogen-bond donors (Lipinski definition) is 3. The number of hydrogen-bond acceptors (Lipinski definition) is 2. The average molecular weight is 304 g/mol. The van der Waals surface area contributed by atoms with E-state index in [0.717, 1.165) is 38.5 Å². The standard InChI is InChI=1S/C18H28N2O2/c1-3-15(12-14-6-4-13(2)5-7-14)19-18(22)20-16-8-10-17(21)11-9-16/h4-7,15-17,21H,3,8-12H2,1-2H3,(H2,19,20,22). The van der Waals surface area contributed by atoms with E-state index < -0.39 is 0 Å². The Hall–Kier alpha value is -1.55. The lowest BCUT2D eigenvalue weighted by molar-refractivity contribution is 0.117. The molecule has 1 aromatic rings. The monoisotopic (exact) mass is 304 g/mol. The van der Waals surface area contributed by atoms with Crippen LogP contribution in [0.25, 0.3) is 0 Å². The fraction of sp³-hybridized carbons (Fsp3) is 0.611. The summed E-state index contributed by atoms with van der Waals surface area (Å²) in [5.74, 6) is 0. The maximum absolute atomic E-state index is 12.1. The van der Waals surface area contributed by atoms with Gasteiger partial charge in [-0.2, -0.15) is 0 Å². The highest BCUT2D eigenvalue weighted by molar-refractivity contribution is 5.74. The summed E-state index contributed by atoms with van der Waals surface area (Å²) in [6.45, 7) is 4.17. The van der Waals surface area contributed by atoms with Crippen molar-refractivity contribution in [2.75, 3.05) is 0 Å². The molecular formula is C18H28N2O2. The summed E-state index contributed by atoms with van der Waals surface area (Å²) in [6.07, 6.45) is 4.87. The Bertz CT molecular complexity index is 464. The highest BCUT2D eigenvalue weighted by atomic mass is 16.3. The predicted molar refractivity (Wildman–Crippen MR) is 88.9 cm³/mol. The van der Waals surface area contributed by atoms with Gasteiger partial charge in [-0.1, -0.05) is 36.8 Å². The number of amides is 2. The Kier molecular flexibility index (Phi) is 6.25. The van der Waals surface area contributed by atoms with Gasteiger partial charge in [0.2, 0.25) is 0 Å². The van der Waals surface area contributed by atoms with Gasteiger partial charge in [0.05, 0.1) is 6.10 Å². The van der Waals surface area contributed by atoms with E-state index in [-0.39, 0.29) is 24.2 Å². The van der Waals surface area contributed by atoms with Crippen molar-refractivity contribution in [1.82, 2.24) is 10.6 Å². The van der Waals surface area contributed by atoms with Crippen molar-refractivity contribution in [3.63, 3.8) is 0 Å². The van der Waals surface area contributed by atoms with Crippen LogP contribution in [0, 0.1) is 6.92 Å². The second-order valence-corrected chi connectivity index (χ2v) is 6.42. The predicted octanol–water partition coefficient (Wildman–Crippen LogP) is 2.92. The van der Waals surface area contributed by atoms with Crippen LogP contribution in [0.2, 0.25) is 0 Å². The number of carbonyl (C=O) groups is 1. The fourth-order valence-corrected chi connectivity index (χ4v) is 2.94. The fourth-order valence-electron chi connectivity index (χ4n) is 2.94. The van der Waals surface area contributed by atoms with Gasteiger partial charge < -0.3 is 15.7 Å². The van der Waals surface area contributed by atoms with E-state index in [4.69, 9.17) is 0 Å². The first-order valence-electron chi connectivity index (χ1n) is 8.37. The van der Waals surface area contributed by atoms with E-state index in [1.54, 1.807) is 0 Å². The lowest BCUT2D eigenvalue weighted by atomic mass is 9.93. The summed E-state index contributed by atoms with van der Waals surface area (Å²) in [5, 5.41) is 15.6. The molecule has 122 valence electrons. The SMILES string of the molecule is CCC(Cc1ccc(C)cc1)NC(=O)NC1CCC(O)CC1. The Balaban J connectivity index is 1.79. The second kappa shape index (κ2) is 8.18. The highest BCUT2D eigenvalue weighted by Crippen LogP contribution is 2.18. The third-order valence-corrected chi connectivity index (χ3v) is 4.46. The van der Waals surface area contributed by atoms with Gasteiger partial charge in [-0.25, -0.2) is 4.79 Å². The van der Waals surface area contributed by atoms with Crippen molar-refractivity contribution < 1.29 is 9.90 Å². The number of benzene rings is 1.